The lowest BCUT2D eigenvalue weighted by Gasteiger charge is -2.26. The lowest BCUT2D eigenvalue weighted by molar-refractivity contribution is -0.141. The summed E-state index contributed by atoms with van der Waals surface area (Å²) in [7, 11) is 0. The van der Waals surface area contributed by atoms with Crippen molar-refractivity contribution in [1.29, 1.82) is 0 Å². The van der Waals surface area contributed by atoms with E-state index in [1.165, 1.54) is 18.3 Å². The van der Waals surface area contributed by atoms with Gasteiger partial charge in [-0.1, -0.05) is 48.5 Å². The minimum Gasteiger partial charge on any atom is -0.395 e. The predicted molar refractivity (Wildman–Crippen MR) is 124 cm³/mol. The molecule has 3 rings (SSSR count). The summed E-state index contributed by atoms with van der Waals surface area (Å²) >= 11 is 0. The van der Waals surface area contributed by atoms with E-state index in [0.29, 0.717) is 29.5 Å². The first-order valence-electron chi connectivity index (χ1n) is 11.2. The van der Waals surface area contributed by atoms with Gasteiger partial charge in [-0.15, -0.1) is 0 Å². The maximum atomic E-state index is 13.9. The second-order valence-corrected chi connectivity index (χ2v) is 8.17. The Morgan fingerprint density at radius 1 is 1.06 bits per heavy atom. The van der Waals surface area contributed by atoms with E-state index in [4.69, 9.17) is 5.11 Å². The molecule has 186 valence electrons. The van der Waals surface area contributed by atoms with E-state index in [1.807, 2.05) is 6.07 Å². The van der Waals surface area contributed by atoms with Gasteiger partial charge in [0.2, 0.25) is 5.91 Å². The number of hydrogen-bond donors (Lipinski definition) is 3. The second kappa shape index (κ2) is 11.9. The average molecular weight is 490 g/mol. The number of rotatable bonds is 10. The van der Waals surface area contributed by atoms with Crippen LogP contribution in [0.4, 0.5) is 17.6 Å². The number of halogens is 4. The van der Waals surface area contributed by atoms with Crippen LogP contribution in [0.1, 0.15) is 46.5 Å². The number of nitrogens with one attached hydrogen (secondary N) is 2. The lowest BCUT2D eigenvalue weighted by atomic mass is 9.95. The Morgan fingerprint density at radius 2 is 1.80 bits per heavy atom. The molecule has 0 aliphatic carbocycles. The second-order valence-electron chi connectivity index (χ2n) is 8.17. The molecule has 0 saturated carbocycles. The van der Waals surface area contributed by atoms with Gasteiger partial charge in [-0.25, -0.2) is 4.39 Å². The molecule has 0 radical (unpaired) electrons. The fraction of sp³-hybridized carbons (Fsp3) is 0.308. The van der Waals surface area contributed by atoms with Gasteiger partial charge in [-0.3, -0.25) is 15.1 Å². The number of pyridine rings is 1. The highest BCUT2D eigenvalue weighted by Gasteiger charge is 2.32. The number of amides is 1. The number of alkyl halides is 3. The number of benzene rings is 2. The van der Waals surface area contributed by atoms with Gasteiger partial charge in [-0.05, 0) is 54.2 Å². The van der Waals surface area contributed by atoms with Gasteiger partial charge in [0, 0.05) is 18.8 Å². The van der Waals surface area contributed by atoms with E-state index in [9.17, 15) is 22.4 Å². The third kappa shape index (κ3) is 7.34. The molecule has 5 nitrogen and oxygen atoms in total. The Morgan fingerprint density at radius 3 is 2.40 bits per heavy atom. The van der Waals surface area contributed by atoms with Crippen LogP contribution in [0.15, 0.2) is 66.9 Å². The number of carbonyl (C=O) groups excluding carboxylic acids is 1. The van der Waals surface area contributed by atoms with Gasteiger partial charge in [0.25, 0.3) is 0 Å². The molecule has 2 aromatic carbocycles. The van der Waals surface area contributed by atoms with Crippen LogP contribution in [-0.2, 0) is 17.4 Å². The summed E-state index contributed by atoms with van der Waals surface area (Å²) in [5.41, 5.74) is 1.51. The Bertz CT molecular complexity index is 1110. The van der Waals surface area contributed by atoms with Crippen molar-refractivity contribution in [3.8, 4) is 0 Å². The van der Waals surface area contributed by atoms with Gasteiger partial charge in [0.1, 0.15) is 17.6 Å². The van der Waals surface area contributed by atoms with E-state index >= 15 is 0 Å². The Labute approximate surface area is 201 Å². The number of aryl methyl sites for hydroxylation is 2. The molecule has 3 N–H and O–H groups in total. The number of carbonyl (C=O) groups is 1. The molecule has 0 bridgehead atoms. The van der Waals surface area contributed by atoms with Crippen LogP contribution in [0.25, 0.3) is 0 Å². The van der Waals surface area contributed by atoms with Crippen LogP contribution in [0.5, 0.6) is 0 Å². The molecular formula is C26H27F4N3O2. The summed E-state index contributed by atoms with van der Waals surface area (Å²) < 4.78 is 52.4. The van der Waals surface area contributed by atoms with Gasteiger partial charge >= 0.3 is 6.18 Å². The van der Waals surface area contributed by atoms with E-state index in [0.717, 1.165) is 11.6 Å². The summed E-state index contributed by atoms with van der Waals surface area (Å²) in [6, 6.07) is 14.8. The highest BCUT2D eigenvalue weighted by molar-refractivity contribution is 5.83. The Hall–Kier alpha value is -3.30. The first kappa shape index (κ1) is 26.3. The predicted octanol–water partition coefficient (Wildman–Crippen LogP) is 4.66. The van der Waals surface area contributed by atoms with Crippen LogP contribution in [0, 0.1) is 12.7 Å². The van der Waals surface area contributed by atoms with Crippen molar-refractivity contribution in [1.82, 2.24) is 15.6 Å². The fourth-order valence-corrected chi connectivity index (χ4v) is 3.73. The normalized spacial score (nSPS) is 13.3. The van der Waals surface area contributed by atoms with Gasteiger partial charge < -0.3 is 10.4 Å². The summed E-state index contributed by atoms with van der Waals surface area (Å²) in [5, 5.41) is 15.1. The quantitative estimate of drug-likeness (QED) is 0.362. The number of aromatic nitrogens is 1. The summed E-state index contributed by atoms with van der Waals surface area (Å²) in [4.78, 5) is 16.4. The van der Waals surface area contributed by atoms with Crippen LogP contribution in [0.2, 0.25) is 0 Å². The zero-order chi connectivity index (χ0) is 25.4. The maximum absolute atomic E-state index is 13.9. The highest BCUT2D eigenvalue weighted by Crippen LogP contribution is 2.29. The topological polar surface area (TPSA) is 74.2 Å². The smallest absolute Gasteiger partial charge is 0.395 e. The lowest BCUT2D eigenvalue weighted by Crippen LogP contribution is -2.40. The van der Waals surface area contributed by atoms with Crippen molar-refractivity contribution < 1.29 is 27.5 Å². The Balaban J connectivity index is 1.88. The van der Waals surface area contributed by atoms with Crippen molar-refractivity contribution in [2.24, 2.45) is 0 Å². The van der Waals surface area contributed by atoms with Crippen LogP contribution in [-0.4, -0.2) is 29.1 Å². The number of nitrogens with zero attached hydrogens (tertiary/aromatic N) is 1. The minimum atomic E-state index is -4.51. The summed E-state index contributed by atoms with van der Waals surface area (Å²) in [6.45, 7) is 1.51. The molecule has 35 heavy (non-hydrogen) atoms. The Kier molecular flexibility index (Phi) is 8.95. The first-order chi connectivity index (χ1) is 16.7. The van der Waals surface area contributed by atoms with Crippen molar-refractivity contribution in [3.63, 3.8) is 0 Å². The first-order valence-corrected chi connectivity index (χ1v) is 11.2. The molecule has 1 aromatic heterocycles. The van der Waals surface area contributed by atoms with Crippen molar-refractivity contribution >= 4 is 5.91 Å². The molecule has 0 fully saturated rings. The average Bonchev–Trinajstić information content (AvgIpc) is 2.84. The standard InChI is InChI=1S/C26H27F4N3O2/c1-17-15-20(9-10-21(17)27)22(11-7-18-8-12-23(32-16-18)26(28,29)30)33-24(25(35)31-13-14-34)19-5-3-2-4-6-19/h2-6,8-10,12,15-16,22,24,33-34H,7,11,13-14H2,1H3,(H,31,35). The number of hydrogen-bond acceptors (Lipinski definition) is 4. The molecule has 0 aliphatic rings. The van der Waals surface area contributed by atoms with Crippen molar-refractivity contribution in [3.05, 3.63) is 101 Å². The number of aliphatic hydroxyl groups excluding tert-OH is 1. The molecule has 1 amide bonds. The summed E-state index contributed by atoms with van der Waals surface area (Å²) in [5.74, 6) is -0.704. The molecule has 2 atom stereocenters. The van der Waals surface area contributed by atoms with E-state index in [-0.39, 0.29) is 24.9 Å². The maximum Gasteiger partial charge on any atom is 0.433 e. The molecule has 0 aliphatic heterocycles. The van der Waals surface area contributed by atoms with Gasteiger partial charge in [0.15, 0.2) is 0 Å². The fourth-order valence-electron chi connectivity index (χ4n) is 3.73. The third-order valence-electron chi connectivity index (χ3n) is 5.60. The molecule has 0 spiro atoms. The van der Waals surface area contributed by atoms with E-state index in [1.54, 1.807) is 43.3 Å². The highest BCUT2D eigenvalue weighted by atomic mass is 19.4. The van der Waals surface area contributed by atoms with Gasteiger partial charge in [0.05, 0.1) is 6.61 Å². The molecule has 9 heteroatoms. The van der Waals surface area contributed by atoms with Crippen LogP contribution >= 0.6 is 0 Å². The van der Waals surface area contributed by atoms with Gasteiger partial charge in [-0.2, -0.15) is 13.2 Å². The van der Waals surface area contributed by atoms with Crippen LogP contribution in [0.3, 0.4) is 0 Å². The van der Waals surface area contributed by atoms with E-state index in [2.05, 4.69) is 15.6 Å². The number of aliphatic hydroxyl groups is 1. The minimum absolute atomic E-state index is 0.0847. The zero-order valence-electron chi connectivity index (χ0n) is 19.1. The molecule has 0 saturated heterocycles. The largest absolute Gasteiger partial charge is 0.433 e. The zero-order valence-corrected chi connectivity index (χ0v) is 19.1. The molecule has 2 unspecified atom stereocenters. The van der Waals surface area contributed by atoms with Crippen molar-refractivity contribution in [2.45, 2.75) is 38.0 Å². The third-order valence-corrected chi connectivity index (χ3v) is 5.60. The summed E-state index contributed by atoms with van der Waals surface area (Å²) in [6.07, 6.45) is -2.54. The molecule has 1 heterocycles. The van der Waals surface area contributed by atoms with E-state index < -0.39 is 24.0 Å². The van der Waals surface area contributed by atoms with Crippen LogP contribution < -0.4 is 10.6 Å². The van der Waals surface area contributed by atoms with Crippen molar-refractivity contribution in [2.75, 3.05) is 13.2 Å². The monoisotopic (exact) mass is 489 g/mol. The molecular weight excluding hydrogens is 462 g/mol. The molecule has 3 aromatic rings. The SMILES string of the molecule is Cc1cc(C(CCc2ccc(C(F)(F)F)nc2)NC(C(=O)NCCO)c2ccccc2)ccc1F.